The first-order valence-corrected chi connectivity index (χ1v) is 8.88. The van der Waals surface area contributed by atoms with Gasteiger partial charge >= 0.3 is 0 Å². The molecule has 0 amide bonds. The Hall–Kier alpha value is -1.05. The Morgan fingerprint density at radius 3 is 2.67 bits per heavy atom. The van der Waals surface area contributed by atoms with E-state index in [-0.39, 0.29) is 6.04 Å². The second-order valence-electron chi connectivity index (χ2n) is 5.69. The molecule has 2 aliphatic rings. The lowest BCUT2D eigenvalue weighted by Gasteiger charge is -2.32. The summed E-state index contributed by atoms with van der Waals surface area (Å²) in [6.07, 6.45) is 5.74. The van der Waals surface area contributed by atoms with Crippen molar-refractivity contribution < 1.29 is 12.8 Å². The van der Waals surface area contributed by atoms with Crippen molar-refractivity contribution in [1.29, 1.82) is 0 Å². The molecule has 2 aliphatic heterocycles. The van der Waals surface area contributed by atoms with Gasteiger partial charge < -0.3 is 0 Å². The number of halogens is 1. The predicted molar refractivity (Wildman–Crippen MR) is 76.8 cm³/mol. The molecule has 3 heterocycles. The Labute approximate surface area is 124 Å². The van der Waals surface area contributed by atoms with E-state index in [2.05, 4.69) is 9.88 Å². The van der Waals surface area contributed by atoms with Gasteiger partial charge in [0.25, 0.3) is 10.0 Å². The molecule has 5 nitrogen and oxygen atoms in total. The van der Waals surface area contributed by atoms with E-state index in [1.807, 2.05) is 0 Å². The molecular formula is C14H20FN3O2S. The molecule has 0 bridgehead atoms. The number of aromatic nitrogens is 1. The van der Waals surface area contributed by atoms with Crippen molar-refractivity contribution in [3.63, 3.8) is 0 Å². The molecule has 0 N–H and O–H groups in total. The average molecular weight is 313 g/mol. The Morgan fingerprint density at radius 2 is 1.95 bits per heavy atom. The van der Waals surface area contributed by atoms with Gasteiger partial charge in [-0.25, -0.2) is 17.8 Å². The Balaban J connectivity index is 1.74. The van der Waals surface area contributed by atoms with Crippen LogP contribution in [0.5, 0.6) is 0 Å². The lowest BCUT2D eigenvalue weighted by Crippen LogP contribution is -2.41. The number of hydrogen-bond acceptors (Lipinski definition) is 4. The molecule has 1 aromatic heterocycles. The van der Waals surface area contributed by atoms with E-state index in [1.54, 1.807) is 0 Å². The SMILES string of the molecule is O=S(=O)(c1ncccc1F)N1CCC(N2CCCCC2)C1. The quantitative estimate of drug-likeness (QED) is 0.848. The van der Waals surface area contributed by atoms with Crippen molar-refractivity contribution in [2.75, 3.05) is 26.2 Å². The largest absolute Gasteiger partial charge is 0.299 e. The lowest BCUT2D eigenvalue weighted by atomic mass is 10.1. The summed E-state index contributed by atoms with van der Waals surface area (Å²) in [7, 11) is -3.82. The smallest absolute Gasteiger partial charge is 0.263 e. The summed E-state index contributed by atoms with van der Waals surface area (Å²) in [6.45, 7) is 2.96. The zero-order chi connectivity index (χ0) is 14.9. The molecule has 1 atom stereocenters. The van der Waals surface area contributed by atoms with Crippen LogP contribution in [0, 0.1) is 5.82 Å². The maximum Gasteiger partial charge on any atom is 0.263 e. The topological polar surface area (TPSA) is 53.5 Å². The van der Waals surface area contributed by atoms with Crippen molar-refractivity contribution in [3.05, 3.63) is 24.1 Å². The third-order valence-corrected chi connectivity index (χ3v) is 6.14. The van der Waals surface area contributed by atoms with Crippen LogP contribution in [0.2, 0.25) is 0 Å². The molecule has 1 aromatic rings. The summed E-state index contributed by atoms with van der Waals surface area (Å²) >= 11 is 0. The molecule has 0 aliphatic carbocycles. The summed E-state index contributed by atoms with van der Waals surface area (Å²) in [6, 6.07) is 2.79. The van der Waals surface area contributed by atoms with Crippen LogP contribution in [0.3, 0.4) is 0 Å². The van der Waals surface area contributed by atoms with Crippen molar-refractivity contribution in [2.45, 2.75) is 36.8 Å². The minimum absolute atomic E-state index is 0.256. The lowest BCUT2D eigenvalue weighted by molar-refractivity contribution is 0.169. The van der Waals surface area contributed by atoms with Gasteiger partial charge in [-0.1, -0.05) is 6.42 Å². The minimum Gasteiger partial charge on any atom is -0.299 e. The van der Waals surface area contributed by atoms with Crippen molar-refractivity contribution >= 4 is 10.0 Å². The average Bonchev–Trinajstić information content (AvgIpc) is 2.99. The first kappa shape index (κ1) is 14.9. The van der Waals surface area contributed by atoms with Gasteiger partial charge in [0, 0.05) is 25.3 Å². The van der Waals surface area contributed by atoms with Crippen LogP contribution >= 0.6 is 0 Å². The van der Waals surface area contributed by atoms with Gasteiger partial charge in [-0.3, -0.25) is 4.90 Å². The number of hydrogen-bond donors (Lipinski definition) is 0. The maximum atomic E-state index is 13.7. The van der Waals surface area contributed by atoms with Gasteiger partial charge in [0.15, 0.2) is 5.82 Å². The van der Waals surface area contributed by atoms with Gasteiger partial charge in [-0.2, -0.15) is 4.31 Å². The fourth-order valence-corrected chi connectivity index (χ4v) is 4.66. The van der Waals surface area contributed by atoms with Gasteiger partial charge in [0.2, 0.25) is 5.03 Å². The van der Waals surface area contributed by atoms with E-state index in [1.165, 1.54) is 35.8 Å². The second kappa shape index (κ2) is 5.98. The molecule has 1 unspecified atom stereocenters. The van der Waals surface area contributed by atoms with Crippen molar-refractivity contribution in [1.82, 2.24) is 14.2 Å². The molecule has 116 valence electrons. The van der Waals surface area contributed by atoms with Crippen LogP contribution < -0.4 is 0 Å². The second-order valence-corrected chi connectivity index (χ2v) is 7.55. The first-order chi connectivity index (χ1) is 10.1. The molecule has 2 saturated heterocycles. The number of piperidine rings is 1. The summed E-state index contributed by atoms with van der Waals surface area (Å²) < 4.78 is 40.1. The highest BCUT2D eigenvalue weighted by atomic mass is 32.2. The molecule has 3 rings (SSSR count). The predicted octanol–water partition coefficient (Wildman–Crippen LogP) is 1.47. The number of likely N-dealkylation sites (tertiary alicyclic amines) is 1. The van der Waals surface area contributed by atoms with Crippen molar-refractivity contribution in [2.24, 2.45) is 0 Å². The van der Waals surface area contributed by atoms with Gasteiger partial charge in [0.1, 0.15) is 0 Å². The summed E-state index contributed by atoms with van der Waals surface area (Å²) in [5.74, 6) is -0.779. The van der Waals surface area contributed by atoms with Crippen LogP contribution in [0.4, 0.5) is 4.39 Å². The van der Waals surface area contributed by atoms with E-state index in [0.717, 1.165) is 25.6 Å². The third kappa shape index (κ3) is 2.95. The maximum absolute atomic E-state index is 13.7. The van der Waals surface area contributed by atoms with E-state index in [0.29, 0.717) is 13.1 Å². The minimum atomic E-state index is -3.82. The van der Waals surface area contributed by atoms with Gasteiger partial charge in [-0.15, -0.1) is 0 Å². The molecule has 21 heavy (non-hydrogen) atoms. The van der Waals surface area contributed by atoms with Crippen LogP contribution in [-0.4, -0.2) is 54.8 Å². The number of pyridine rings is 1. The van der Waals surface area contributed by atoms with Gasteiger partial charge in [0.05, 0.1) is 0 Å². The fourth-order valence-electron chi connectivity index (χ4n) is 3.19. The van der Waals surface area contributed by atoms with E-state index in [9.17, 15) is 12.8 Å². The molecule has 7 heteroatoms. The number of rotatable bonds is 3. The first-order valence-electron chi connectivity index (χ1n) is 7.44. The summed E-state index contributed by atoms with van der Waals surface area (Å²) in [4.78, 5) is 6.08. The van der Waals surface area contributed by atoms with E-state index >= 15 is 0 Å². The van der Waals surface area contributed by atoms with E-state index < -0.39 is 20.9 Å². The Bertz CT molecular complexity index is 602. The van der Waals surface area contributed by atoms with E-state index in [4.69, 9.17) is 0 Å². The highest BCUT2D eigenvalue weighted by Crippen LogP contribution is 2.25. The van der Waals surface area contributed by atoms with Crippen LogP contribution in [0.15, 0.2) is 23.4 Å². The van der Waals surface area contributed by atoms with Crippen molar-refractivity contribution in [3.8, 4) is 0 Å². The fraction of sp³-hybridized carbons (Fsp3) is 0.643. The third-order valence-electron chi connectivity index (χ3n) is 4.34. The normalized spacial score (nSPS) is 25.3. The van der Waals surface area contributed by atoms with Gasteiger partial charge in [-0.05, 0) is 44.5 Å². The zero-order valence-corrected chi connectivity index (χ0v) is 12.7. The molecular weight excluding hydrogens is 293 g/mol. The summed E-state index contributed by atoms with van der Waals surface area (Å²) in [5, 5.41) is -0.454. The monoisotopic (exact) mass is 313 g/mol. The standard InChI is InChI=1S/C14H20FN3O2S/c15-13-5-4-7-16-14(13)21(19,20)18-10-6-12(11-18)17-8-2-1-3-9-17/h4-5,7,12H,1-3,6,8-11H2. The highest BCUT2D eigenvalue weighted by molar-refractivity contribution is 7.89. The number of nitrogens with zero attached hydrogens (tertiary/aromatic N) is 3. The van der Waals surface area contributed by atoms with Crippen LogP contribution in [0.25, 0.3) is 0 Å². The molecule has 0 spiro atoms. The summed E-state index contributed by atoms with van der Waals surface area (Å²) in [5.41, 5.74) is 0. The molecule has 0 radical (unpaired) electrons. The Morgan fingerprint density at radius 1 is 1.19 bits per heavy atom. The molecule has 0 aromatic carbocycles. The number of sulfonamides is 1. The van der Waals surface area contributed by atoms with Crippen LogP contribution in [-0.2, 0) is 10.0 Å². The zero-order valence-electron chi connectivity index (χ0n) is 11.9. The molecule has 2 fully saturated rings. The highest BCUT2D eigenvalue weighted by Gasteiger charge is 2.37. The Kier molecular flexibility index (Phi) is 4.24. The molecule has 0 saturated carbocycles. The van der Waals surface area contributed by atoms with Crippen LogP contribution in [0.1, 0.15) is 25.7 Å².